The second-order valence-corrected chi connectivity index (χ2v) is 4.44. The molecule has 0 spiro atoms. The molecule has 1 rings (SSSR count). The van der Waals surface area contributed by atoms with Gasteiger partial charge in [-0.05, 0) is 12.5 Å². The van der Waals surface area contributed by atoms with Crippen molar-refractivity contribution in [1.82, 2.24) is 5.32 Å². The molecule has 0 radical (unpaired) electrons. The van der Waals surface area contributed by atoms with Crippen molar-refractivity contribution in [3.8, 4) is 0 Å². The average molecular weight is 284 g/mol. The third kappa shape index (κ3) is 5.32. The van der Waals surface area contributed by atoms with E-state index in [0.29, 0.717) is 17.7 Å². The summed E-state index contributed by atoms with van der Waals surface area (Å²) in [6.07, 6.45) is 0.850. The van der Waals surface area contributed by atoms with Gasteiger partial charge in [0, 0.05) is 24.3 Å². The number of carbonyl (C=O) groups is 1. The van der Waals surface area contributed by atoms with Crippen molar-refractivity contribution in [2.24, 2.45) is 5.73 Å². The number of ether oxygens (including phenoxy) is 1. The van der Waals surface area contributed by atoms with Gasteiger partial charge in [-0.3, -0.25) is 4.79 Å². The van der Waals surface area contributed by atoms with Gasteiger partial charge in [-0.15, -0.1) is 0 Å². The van der Waals surface area contributed by atoms with E-state index in [1.165, 1.54) is 6.07 Å². The van der Waals surface area contributed by atoms with Crippen LogP contribution in [0.15, 0.2) is 18.2 Å². The molecule has 0 aliphatic carbocycles. The number of nitrogens with two attached hydrogens (primary N) is 1. The van der Waals surface area contributed by atoms with E-state index < -0.39 is 5.82 Å². The molecule has 0 heterocycles. The lowest BCUT2D eigenvalue weighted by Gasteiger charge is -2.08. The standard InChI is InChI=1S/C13H17FN2O2S/c1-2-5-18-8-12(17)16-7-10-4-3-9(13(15)19)6-11(10)14/h3-4,6H,2,5,7-8H2,1H3,(H2,15,19)(H,16,17). The van der Waals surface area contributed by atoms with E-state index in [4.69, 9.17) is 22.7 Å². The van der Waals surface area contributed by atoms with Crippen molar-refractivity contribution in [3.63, 3.8) is 0 Å². The van der Waals surface area contributed by atoms with Crippen LogP contribution >= 0.6 is 12.2 Å². The van der Waals surface area contributed by atoms with Gasteiger partial charge in [0.25, 0.3) is 0 Å². The Labute approximate surface area is 117 Å². The van der Waals surface area contributed by atoms with E-state index in [1.807, 2.05) is 6.92 Å². The fraction of sp³-hybridized carbons (Fsp3) is 0.385. The molecular formula is C13H17FN2O2S. The van der Waals surface area contributed by atoms with Gasteiger partial charge in [0.15, 0.2) is 0 Å². The van der Waals surface area contributed by atoms with Crippen LogP contribution in [-0.4, -0.2) is 24.1 Å². The minimum atomic E-state index is -0.444. The number of halogens is 1. The van der Waals surface area contributed by atoms with Crippen molar-refractivity contribution >= 4 is 23.1 Å². The number of rotatable bonds is 7. The topological polar surface area (TPSA) is 64.3 Å². The first kappa shape index (κ1) is 15.5. The predicted molar refractivity (Wildman–Crippen MR) is 75.2 cm³/mol. The summed E-state index contributed by atoms with van der Waals surface area (Å²) in [5, 5.41) is 2.58. The molecular weight excluding hydrogens is 267 g/mol. The summed E-state index contributed by atoms with van der Waals surface area (Å²) in [6, 6.07) is 4.44. The molecule has 0 aliphatic rings. The van der Waals surface area contributed by atoms with Crippen molar-refractivity contribution in [2.75, 3.05) is 13.2 Å². The van der Waals surface area contributed by atoms with E-state index in [9.17, 15) is 9.18 Å². The zero-order valence-corrected chi connectivity index (χ0v) is 11.6. The maximum Gasteiger partial charge on any atom is 0.246 e. The molecule has 1 aromatic rings. The SMILES string of the molecule is CCCOCC(=O)NCc1ccc(C(N)=S)cc1F. The Morgan fingerprint density at radius 1 is 1.53 bits per heavy atom. The van der Waals surface area contributed by atoms with Crippen molar-refractivity contribution in [3.05, 3.63) is 35.1 Å². The number of hydrogen-bond donors (Lipinski definition) is 2. The smallest absolute Gasteiger partial charge is 0.246 e. The van der Waals surface area contributed by atoms with Crippen molar-refractivity contribution in [2.45, 2.75) is 19.9 Å². The molecule has 1 amide bonds. The zero-order chi connectivity index (χ0) is 14.3. The first-order valence-electron chi connectivity index (χ1n) is 5.97. The molecule has 3 N–H and O–H groups in total. The number of carbonyl (C=O) groups excluding carboxylic acids is 1. The van der Waals surface area contributed by atoms with Gasteiger partial charge in [-0.25, -0.2) is 4.39 Å². The molecule has 0 aliphatic heterocycles. The summed E-state index contributed by atoms with van der Waals surface area (Å²) >= 11 is 4.76. The molecule has 0 saturated carbocycles. The molecule has 0 fully saturated rings. The maximum absolute atomic E-state index is 13.7. The van der Waals surface area contributed by atoms with Gasteiger partial charge >= 0.3 is 0 Å². The third-order valence-electron chi connectivity index (χ3n) is 2.40. The largest absolute Gasteiger partial charge is 0.389 e. The van der Waals surface area contributed by atoms with E-state index in [0.717, 1.165) is 6.42 Å². The first-order valence-corrected chi connectivity index (χ1v) is 6.38. The lowest BCUT2D eigenvalue weighted by atomic mass is 10.1. The molecule has 0 saturated heterocycles. The van der Waals surface area contributed by atoms with Gasteiger partial charge < -0.3 is 15.8 Å². The van der Waals surface area contributed by atoms with E-state index in [2.05, 4.69) is 5.32 Å². The number of amides is 1. The third-order valence-corrected chi connectivity index (χ3v) is 2.63. The molecule has 0 aromatic heterocycles. The van der Waals surface area contributed by atoms with Crippen LogP contribution in [0.25, 0.3) is 0 Å². The summed E-state index contributed by atoms with van der Waals surface area (Å²) in [4.78, 5) is 11.5. The van der Waals surface area contributed by atoms with Gasteiger partial charge in [0.2, 0.25) is 5.91 Å². The Balaban J connectivity index is 2.49. The average Bonchev–Trinajstić information content (AvgIpc) is 2.37. The Kier molecular flexibility index (Phi) is 6.38. The van der Waals surface area contributed by atoms with Crippen LogP contribution in [0.4, 0.5) is 4.39 Å². The molecule has 4 nitrogen and oxygen atoms in total. The molecule has 0 bridgehead atoms. The predicted octanol–water partition coefficient (Wildman–Crippen LogP) is 1.50. The van der Waals surface area contributed by atoms with E-state index >= 15 is 0 Å². The van der Waals surface area contributed by atoms with Crippen molar-refractivity contribution < 1.29 is 13.9 Å². The minimum absolute atomic E-state index is 0.0135. The minimum Gasteiger partial charge on any atom is -0.389 e. The Bertz CT molecular complexity index is 466. The molecule has 0 atom stereocenters. The highest BCUT2D eigenvalue weighted by Crippen LogP contribution is 2.10. The van der Waals surface area contributed by atoms with Crippen LogP contribution in [0.3, 0.4) is 0 Å². The summed E-state index contributed by atoms with van der Waals surface area (Å²) < 4.78 is 18.7. The van der Waals surface area contributed by atoms with Crippen LogP contribution in [0.1, 0.15) is 24.5 Å². The number of benzene rings is 1. The fourth-order valence-electron chi connectivity index (χ4n) is 1.40. The molecule has 19 heavy (non-hydrogen) atoms. The second kappa shape index (κ2) is 7.81. The van der Waals surface area contributed by atoms with Crippen LogP contribution in [0.2, 0.25) is 0 Å². The number of nitrogens with one attached hydrogen (secondary N) is 1. The van der Waals surface area contributed by atoms with Gasteiger partial charge in [0.1, 0.15) is 17.4 Å². The zero-order valence-electron chi connectivity index (χ0n) is 10.7. The van der Waals surface area contributed by atoms with Crippen LogP contribution in [0.5, 0.6) is 0 Å². The summed E-state index contributed by atoms with van der Waals surface area (Å²) in [6.45, 7) is 2.58. The molecule has 104 valence electrons. The van der Waals surface area contributed by atoms with Gasteiger partial charge in [-0.2, -0.15) is 0 Å². The normalized spacial score (nSPS) is 10.2. The molecule has 0 unspecified atom stereocenters. The van der Waals surface area contributed by atoms with Crippen LogP contribution in [0, 0.1) is 5.82 Å². The van der Waals surface area contributed by atoms with E-state index in [-0.39, 0.29) is 24.0 Å². The fourth-order valence-corrected chi connectivity index (χ4v) is 1.52. The quantitative estimate of drug-likeness (QED) is 0.588. The highest BCUT2D eigenvalue weighted by Gasteiger charge is 2.07. The highest BCUT2D eigenvalue weighted by atomic mass is 32.1. The molecule has 6 heteroatoms. The van der Waals surface area contributed by atoms with Crippen LogP contribution < -0.4 is 11.1 Å². The lowest BCUT2D eigenvalue weighted by molar-refractivity contribution is -0.125. The Morgan fingerprint density at radius 3 is 2.84 bits per heavy atom. The van der Waals surface area contributed by atoms with E-state index in [1.54, 1.807) is 12.1 Å². The number of thiocarbonyl (C=S) groups is 1. The highest BCUT2D eigenvalue weighted by molar-refractivity contribution is 7.80. The summed E-state index contributed by atoms with van der Waals surface area (Å²) in [5.74, 6) is -0.716. The van der Waals surface area contributed by atoms with Gasteiger partial charge in [0.05, 0.1) is 0 Å². The second-order valence-electron chi connectivity index (χ2n) is 4.00. The first-order chi connectivity index (χ1) is 9.04. The summed E-state index contributed by atoms with van der Waals surface area (Å²) in [5.41, 5.74) is 6.25. The van der Waals surface area contributed by atoms with Crippen LogP contribution in [-0.2, 0) is 16.1 Å². The monoisotopic (exact) mass is 284 g/mol. The Hall–Kier alpha value is -1.53. The molecule has 1 aromatic carbocycles. The van der Waals surface area contributed by atoms with Crippen molar-refractivity contribution in [1.29, 1.82) is 0 Å². The Morgan fingerprint density at radius 2 is 2.26 bits per heavy atom. The number of hydrogen-bond acceptors (Lipinski definition) is 3. The van der Waals surface area contributed by atoms with Gasteiger partial charge in [-0.1, -0.05) is 31.3 Å². The summed E-state index contributed by atoms with van der Waals surface area (Å²) in [7, 11) is 0. The lowest BCUT2D eigenvalue weighted by Crippen LogP contribution is -2.27. The maximum atomic E-state index is 13.7.